The molecule has 2 rings (SSSR count). The average Bonchev–Trinajstić information content (AvgIpc) is 2.76. The third kappa shape index (κ3) is 4.05. The van der Waals surface area contributed by atoms with E-state index in [1.54, 1.807) is 13.1 Å². The lowest BCUT2D eigenvalue weighted by molar-refractivity contribution is 0.106. The van der Waals surface area contributed by atoms with Crippen LogP contribution in [0.3, 0.4) is 0 Å². The maximum absolute atomic E-state index is 9.36. The molecule has 1 saturated heterocycles. The summed E-state index contributed by atoms with van der Waals surface area (Å²) >= 11 is 0. The number of likely N-dealkylation sites (tertiary alicyclic amines) is 1. The van der Waals surface area contributed by atoms with E-state index in [0.29, 0.717) is 18.5 Å². The van der Waals surface area contributed by atoms with Crippen LogP contribution in [0.5, 0.6) is 0 Å². The Morgan fingerprint density at radius 3 is 2.89 bits per heavy atom. The number of hydrogen-bond donors (Lipinski definition) is 1. The quantitative estimate of drug-likeness (QED) is 0.889. The second-order valence-electron chi connectivity index (χ2n) is 5.96. The molecule has 0 bridgehead atoms. The van der Waals surface area contributed by atoms with Gasteiger partial charge in [0.05, 0.1) is 12.3 Å². The summed E-state index contributed by atoms with van der Waals surface area (Å²) in [5.41, 5.74) is 0. The van der Waals surface area contributed by atoms with Crippen LogP contribution in [-0.2, 0) is 12.8 Å². The molecule has 19 heavy (non-hydrogen) atoms. The van der Waals surface area contributed by atoms with E-state index in [-0.39, 0.29) is 6.10 Å². The van der Waals surface area contributed by atoms with E-state index in [1.165, 1.54) is 25.8 Å². The van der Waals surface area contributed by atoms with Crippen molar-refractivity contribution in [1.82, 2.24) is 9.88 Å². The van der Waals surface area contributed by atoms with Gasteiger partial charge in [-0.3, -0.25) is 4.90 Å². The van der Waals surface area contributed by atoms with Gasteiger partial charge in [0.15, 0.2) is 5.89 Å². The molecule has 2 atom stereocenters. The molecule has 0 spiro atoms. The molecule has 0 saturated carbocycles. The molecule has 0 aliphatic carbocycles. The SMILES string of the molecule is CC(O)Cc1cnc(CC2CCCCN2C(C)C)o1. The van der Waals surface area contributed by atoms with Crippen LogP contribution in [0.1, 0.15) is 51.7 Å². The van der Waals surface area contributed by atoms with Crippen LogP contribution in [0.15, 0.2) is 10.6 Å². The number of aliphatic hydroxyl groups is 1. The van der Waals surface area contributed by atoms with E-state index in [2.05, 4.69) is 23.7 Å². The first-order chi connectivity index (χ1) is 9.06. The van der Waals surface area contributed by atoms with Crippen molar-refractivity contribution in [2.24, 2.45) is 0 Å². The molecule has 1 aromatic rings. The third-order valence-electron chi connectivity index (χ3n) is 3.84. The Morgan fingerprint density at radius 1 is 1.42 bits per heavy atom. The fraction of sp³-hybridized carbons (Fsp3) is 0.800. The van der Waals surface area contributed by atoms with Crippen LogP contribution in [0.4, 0.5) is 0 Å². The average molecular weight is 266 g/mol. The minimum Gasteiger partial charge on any atom is -0.446 e. The highest BCUT2D eigenvalue weighted by Crippen LogP contribution is 2.22. The largest absolute Gasteiger partial charge is 0.446 e. The monoisotopic (exact) mass is 266 g/mol. The number of hydrogen-bond acceptors (Lipinski definition) is 4. The van der Waals surface area contributed by atoms with Crippen molar-refractivity contribution in [2.45, 2.75) is 71.1 Å². The summed E-state index contributed by atoms with van der Waals surface area (Å²) in [4.78, 5) is 6.91. The van der Waals surface area contributed by atoms with Crippen molar-refractivity contribution in [3.8, 4) is 0 Å². The summed E-state index contributed by atoms with van der Waals surface area (Å²) in [6, 6.07) is 1.13. The van der Waals surface area contributed by atoms with E-state index in [9.17, 15) is 5.11 Å². The summed E-state index contributed by atoms with van der Waals surface area (Å²) < 4.78 is 5.73. The molecule has 2 heterocycles. The molecule has 0 amide bonds. The summed E-state index contributed by atoms with van der Waals surface area (Å²) in [5.74, 6) is 1.60. The van der Waals surface area contributed by atoms with Crippen molar-refractivity contribution >= 4 is 0 Å². The Hall–Kier alpha value is -0.870. The maximum atomic E-state index is 9.36. The third-order valence-corrected chi connectivity index (χ3v) is 3.84. The van der Waals surface area contributed by atoms with Crippen molar-refractivity contribution in [3.05, 3.63) is 17.8 Å². The predicted octanol–water partition coefficient (Wildman–Crippen LogP) is 2.40. The van der Waals surface area contributed by atoms with Crippen molar-refractivity contribution in [1.29, 1.82) is 0 Å². The highest BCUT2D eigenvalue weighted by molar-refractivity contribution is 4.98. The maximum Gasteiger partial charge on any atom is 0.195 e. The zero-order chi connectivity index (χ0) is 13.8. The molecule has 2 unspecified atom stereocenters. The lowest BCUT2D eigenvalue weighted by Gasteiger charge is -2.38. The van der Waals surface area contributed by atoms with Gasteiger partial charge in [-0.15, -0.1) is 0 Å². The number of aliphatic hydroxyl groups excluding tert-OH is 1. The zero-order valence-electron chi connectivity index (χ0n) is 12.3. The van der Waals surface area contributed by atoms with Crippen LogP contribution >= 0.6 is 0 Å². The van der Waals surface area contributed by atoms with Gasteiger partial charge in [0.25, 0.3) is 0 Å². The van der Waals surface area contributed by atoms with Gasteiger partial charge in [-0.1, -0.05) is 6.42 Å². The molecular formula is C15H26N2O2. The molecular weight excluding hydrogens is 240 g/mol. The minimum absolute atomic E-state index is 0.373. The summed E-state index contributed by atoms with van der Waals surface area (Å²) in [6.45, 7) is 7.47. The highest BCUT2D eigenvalue weighted by atomic mass is 16.4. The van der Waals surface area contributed by atoms with E-state index in [4.69, 9.17) is 4.42 Å². The standard InChI is InChI=1S/C15H26N2O2/c1-11(2)17-7-5-4-6-13(17)9-15-16-10-14(19-15)8-12(3)18/h10-13,18H,4-9H2,1-3H3. The Balaban J connectivity index is 1.96. The van der Waals surface area contributed by atoms with Gasteiger partial charge in [0.1, 0.15) is 5.76 Å². The first-order valence-electron chi connectivity index (χ1n) is 7.43. The normalized spacial score (nSPS) is 22.9. The molecule has 1 aliphatic heterocycles. The van der Waals surface area contributed by atoms with Gasteiger partial charge in [-0.05, 0) is 40.2 Å². The van der Waals surface area contributed by atoms with E-state index in [1.807, 2.05) is 0 Å². The topological polar surface area (TPSA) is 49.5 Å². The Morgan fingerprint density at radius 2 is 2.21 bits per heavy atom. The number of rotatable bonds is 5. The number of oxazole rings is 1. The molecule has 0 radical (unpaired) electrons. The lowest BCUT2D eigenvalue weighted by atomic mass is 9.98. The van der Waals surface area contributed by atoms with Gasteiger partial charge < -0.3 is 9.52 Å². The summed E-state index contributed by atoms with van der Waals surface area (Å²) in [6.07, 6.45) is 6.64. The number of nitrogens with zero attached hydrogens (tertiary/aromatic N) is 2. The molecule has 1 fully saturated rings. The Bertz CT molecular complexity index is 387. The number of aromatic nitrogens is 1. The van der Waals surface area contributed by atoms with Gasteiger partial charge >= 0.3 is 0 Å². The Kier molecular flexibility index (Phi) is 4.99. The second kappa shape index (κ2) is 6.53. The van der Waals surface area contributed by atoms with Crippen LogP contribution in [0.25, 0.3) is 0 Å². The van der Waals surface area contributed by atoms with Gasteiger partial charge in [-0.2, -0.15) is 0 Å². The molecule has 0 aromatic carbocycles. The van der Waals surface area contributed by atoms with Crippen LogP contribution in [-0.4, -0.2) is 39.7 Å². The summed E-state index contributed by atoms with van der Waals surface area (Å²) in [7, 11) is 0. The fourth-order valence-corrected chi connectivity index (χ4v) is 2.95. The molecule has 1 aromatic heterocycles. The fourth-order valence-electron chi connectivity index (χ4n) is 2.95. The summed E-state index contributed by atoms with van der Waals surface area (Å²) in [5, 5.41) is 9.36. The first kappa shape index (κ1) is 14.5. The molecule has 4 nitrogen and oxygen atoms in total. The van der Waals surface area contributed by atoms with Crippen molar-refractivity contribution < 1.29 is 9.52 Å². The van der Waals surface area contributed by atoms with Gasteiger partial charge in [0, 0.05) is 24.9 Å². The van der Waals surface area contributed by atoms with Crippen LogP contribution in [0.2, 0.25) is 0 Å². The Labute approximate surface area is 115 Å². The zero-order valence-corrected chi connectivity index (χ0v) is 12.3. The molecule has 108 valence electrons. The van der Waals surface area contributed by atoms with Gasteiger partial charge in [-0.25, -0.2) is 4.98 Å². The van der Waals surface area contributed by atoms with Crippen molar-refractivity contribution in [2.75, 3.05) is 6.54 Å². The van der Waals surface area contributed by atoms with E-state index in [0.717, 1.165) is 18.1 Å². The second-order valence-corrected chi connectivity index (χ2v) is 5.96. The van der Waals surface area contributed by atoms with Crippen LogP contribution in [0, 0.1) is 0 Å². The van der Waals surface area contributed by atoms with E-state index < -0.39 is 0 Å². The van der Waals surface area contributed by atoms with Crippen LogP contribution < -0.4 is 0 Å². The smallest absolute Gasteiger partial charge is 0.195 e. The first-order valence-corrected chi connectivity index (χ1v) is 7.43. The molecule has 1 aliphatic rings. The van der Waals surface area contributed by atoms with Crippen molar-refractivity contribution in [3.63, 3.8) is 0 Å². The van der Waals surface area contributed by atoms with Gasteiger partial charge in [0.2, 0.25) is 0 Å². The lowest BCUT2D eigenvalue weighted by Crippen LogP contribution is -2.45. The highest BCUT2D eigenvalue weighted by Gasteiger charge is 2.26. The predicted molar refractivity (Wildman–Crippen MR) is 75.1 cm³/mol. The van der Waals surface area contributed by atoms with E-state index >= 15 is 0 Å². The number of piperidine rings is 1. The molecule has 1 N–H and O–H groups in total. The minimum atomic E-state index is -0.373. The molecule has 4 heteroatoms.